The first-order valence-electron chi connectivity index (χ1n) is 12.0. The first kappa shape index (κ1) is 25.6. The van der Waals surface area contributed by atoms with E-state index in [1.165, 1.54) is 35.7 Å². The fourth-order valence-corrected chi connectivity index (χ4v) is 6.40. The van der Waals surface area contributed by atoms with Gasteiger partial charge in [0.05, 0.1) is 40.3 Å². The van der Waals surface area contributed by atoms with Gasteiger partial charge in [-0.25, -0.2) is 9.38 Å². The molecule has 9 heteroatoms. The Morgan fingerprint density at radius 2 is 1.89 bits per heavy atom. The number of hydrogen-bond donors (Lipinski definition) is 1. The lowest BCUT2D eigenvalue weighted by Crippen LogP contribution is -2.29. The monoisotopic (exact) mass is 541 g/mol. The highest BCUT2D eigenvalue weighted by Crippen LogP contribution is 2.46. The van der Waals surface area contributed by atoms with Crippen molar-refractivity contribution in [1.29, 1.82) is 5.26 Å². The Balaban J connectivity index is 1.55. The number of nitriles is 1. The summed E-state index contributed by atoms with van der Waals surface area (Å²) in [4.78, 5) is 22.9. The van der Waals surface area contributed by atoms with Gasteiger partial charge >= 0.3 is 0 Å². The van der Waals surface area contributed by atoms with E-state index < -0.39 is 0 Å². The molecule has 0 radical (unpaired) electrons. The summed E-state index contributed by atoms with van der Waals surface area (Å²) < 4.78 is 13.9. The maximum absolute atomic E-state index is 13.9. The smallest absolute Gasteiger partial charge is 0.269 e. The maximum atomic E-state index is 13.9. The van der Waals surface area contributed by atoms with Gasteiger partial charge in [0.2, 0.25) is 0 Å². The second kappa shape index (κ2) is 11.2. The minimum Gasteiger partial charge on any atom is -0.384 e. The summed E-state index contributed by atoms with van der Waals surface area (Å²) in [5.41, 5.74) is 4.41. The SMILES string of the molecule is CCNc1ccc(C#N)cc1N=C1S/C(=C2\SC=C(c3cccc(F)c3)N2C)C(=O)N1Cc1ccccc1. The zero-order valence-electron chi connectivity index (χ0n) is 20.8. The number of halogens is 1. The van der Waals surface area contributed by atoms with Crippen LogP contribution < -0.4 is 5.32 Å². The summed E-state index contributed by atoms with van der Waals surface area (Å²) in [6, 6.07) is 23.7. The van der Waals surface area contributed by atoms with Crippen LogP contribution >= 0.6 is 23.5 Å². The lowest BCUT2D eigenvalue weighted by atomic mass is 10.1. The van der Waals surface area contributed by atoms with Gasteiger partial charge in [-0.15, -0.1) is 0 Å². The molecular formula is C29H24FN5OS2. The molecule has 0 saturated carbocycles. The van der Waals surface area contributed by atoms with Crippen LogP contribution in [-0.2, 0) is 11.3 Å². The Morgan fingerprint density at radius 3 is 2.63 bits per heavy atom. The number of hydrogen-bond acceptors (Lipinski definition) is 7. The van der Waals surface area contributed by atoms with Gasteiger partial charge < -0.3 is 10.2 Å². The van der Waals surface area contributed by atoms with Gasteiger partial charge in [0, 0.05) is 24.6 Å². The topological polar surface area (TPSA) is 71.7 Å². The molecule has 5 rings (SSSR count). The lowest BCUT2D eigenvalue weighted by molar-refractivity contribution is -0.122. The van der Waals surface area contributed by atoms with Gasteiger partial charge in [0.1, 0.15) is 10.7 Å². The van der Waals surface area contributed by atoms with Gasteiger partial charge in [-0.1, -0.05) is 54.2 Å². The van der Waals surface area contributed by atoms with Gasteiger partial charge in [-0.3, -0.25) is 9.69 Å². The van der Waals surface area contributed by atoms with Crippen LogP contribution in [0.5, 0.6) is 0 Å². The average molecular weight is 542 g/mol. The van der Waals surface area contributed by atoms with E-state index in [1.807, 2.05) is 66.7 Å². The zero-order valence-corrected chi connectivity index (χ0v) is 22.4. The molecule has 0 bridgehead atoms. The Bertz CT molecular complexity index is 1530. The van der Waals surface area contributed by atoms with Crippen molar-refractivity contribution in [3.8, 4) is 6.07 Å². The van der Waals surface area contributed by atoms with Crippen molar-refractivity contribution in [2.24, 2.45) is 4.99 Å². The van der Waals surface area contributed by atoms with Crippen LogP contribution in [0.2, 0.25) is 0 Å². The quantitative estimate of drug-likeness (QED) is 0.349. The van der Waals surface area contributed by atoms with Crippen molar-refractivity contribution < 1.29 is 9.18 Å². The van der Waals surface area contributed by atoms with E-state index in [0.717, 1.165) is 27.5 Å². The van der Waals surface area contributed by atoms with Crippen LogP contribution in [0.4, 0.5) is 15.8 Å². The molecule has 2 aliphatic rings. The Labute approximate surface area is 229 Å². The molecule has 3 aromatic carbocycles. The molecular weight excluding hydrogens is 517 g/mol. The van der Waals surface area contributed by atoms with Crippen LogP contribution in [0.15, 0.2) is 93.1 Å². The van der Waals surface area contributed by atoms with Crippen molar-refractivity contribution in [2.75, 3.05) is 18.9 Å². The number of amidine groups is 1. The zero-order chi connectivity index (χ0) is 26.6. The number of carbonyl (C=O) groups is 1. The molecule has 0 unspecified atom stereocenters. The summed E-state index contributed by atoms with van der Waals surface area (Å²) in [6.07, 6.45) is 0. The molecule has 0 atom stereocenters. The molecule has 0 aliphatic carbocycles. The number of rotatable bonds is 6. The molecule has 0 aromatic heterocycles. The Hall–Kier alpha value is -4.00. The summed E-state index contributed by atoms with van der Waals surface area (Å²) in [5.74, 6) is -0.462. The van der Waals surface area contributed by atoms with E-state index >= 15 is 0 Å². The first-order chi connectivity index (χ1) is 18.5. The molecule has 1 saturated heterocycles. The third-order valence-corrected chi connectivity index (χ3v) is 8.26. The summed E-state index contributed by atoms with van der Waals surface area (Å²) >= 11 is 2.74. The Kier molecular flexibility index (Phi) is 7.54. The van der Waals surface area contributed by atoms with Crippen molar-refractivity contribution in [3.63, 3.8) is 0 Å². The normalized spacial score (nSPS) is 18.2. The molecule has 2 heterocycles. The van der Waals surface area contributed by atoms with E-state index in [0.29, 0.717) is 34.4 Å². The van der Waals surface area contributed by atoms with E-state index in [9.17, 15) is 14.4 Å². The fourth-order valence-electron chi connectivity index (χ4n) is 4.15. The molecule has 190 valence electrons. The Morgan fingerprint density at radius 1 is 1.08 bits per heavy atom. The number of anilines is 1. The molecule has 38 heavy (non-hydrogen) atoms. The van der Waals surface area contributed by atoms with Crippen molar-refractivity contribution in [1.82, 2.24) is 9.80 Å². The highest BCUT2D eigenvalue weighted by molar-refractivity contribution is 8.19. The van der Waals surface area contributed by atoms with Crippen molar-refractivity contribution in [3.05, 3.63) is 111 Å². The average Bonchev–Trinajstić information content (AvgIpc) is 3.45. The minimum atomic E-state index is -0.311. The van der Waals surface area contributed by atoms with Crippen LogP contribution in [-0.4, -0.2) is 34.5 Å². The van der Waals surface area contributed by atoms with Gasteiger partial charge in [-0.05, 0) is 54.6 Å². The van der Waals surface area contributed by atoms with Crippen LogP contribution in [0, 0.1) is 17.1 Å². The summed E-state index contributed by atoms with van der Waals surface area (Å²) in [5, 5.41) is 16.0. The van der Waals surface area contributed by atoms with Gasteiger partial charge in [-0.2, -0.15) is 5.26 Å². The molecule has 6 nitrogen and oxygen atoms in total. The highest BCUT2D eigenvalue weighted by atomic mass is 32.2. The molecule has 2 aliphatic heterocycles. The van der Waals surface area contributed by atoms with Crippen LogP contribution in [0.25, 0.3) is 5.70 Å². The first-order valence-corrected chi connectivity index (χ1v) is 13.7. The predicted molar refractivity (Wildman–Crippen MR) is 154 cm³/mol. The number of nitrogens with zero attached hydrogens (tertiary/aromatic N) is 4. The highest BCUT2D eigenvalue weighted by Gasteiger charge is 2.38. The third-order valence-electron chi connectivity index (χ3n) is 6.02. The number of aliphatic imine (C=N–C) groups is 1. The van der Waals surface area contributed by atoms with E-state index in [1.54, 1.807) is 23.1 Å². The lowest BCUT2D eigenvalue weighted by Gasteiger charge is -2.19. The van der Waals surface area contributed by atoms with Crippen LogP contribution in [0.1, 0.15) is 23.6 Å². The summed E-state index contributed by atoms with van der Waals surface area (Å²) in [6.45, 7) is 3.04. The van der Waals surface area contributed by atoms with Crippen molar-refractivity contribution in [2.45, 2.75) is 13.5 Å². The molecule has 1 fully saturated rings. The van der Waals surface area contributed by atoms with E-state index in [-0.39, 0.29) is 11.7 Å². The number of benzene rings is 3. The largest absolute Gasteiger partial charge is 0.384 e. The molecule has 1 N–H and O–H groups in total. The summed E-state index contributed by atoms with van der Waals surface area (Å²) in [7, 11) is 1.88. The fraction of sp³-hybridized carbons (Fsp3) is 0.138. The van der Waals surface area contributed by atoms with E-state index in [2.05, 4.69) is 11.4 Å². The molecule has 1 amide bonds. The maximum Gasteiger partial charge on any atom is 0.269 e. The van der Waals surface area contributed by atoms with Gasteiger partial charge in [0.15, 0.2) is 5.17 Å². The number of amides is 1. The van der Waals surface area contributed by atoms with E-state index in [4.69, 9.17) is 4.99 Å². The second-order valence-electron chi connectivity index (χ2n) is 8.57. The standard InChI is InChI=1S/C29H24FN5OS2/c1-3-32-23-13-12-20(16-31)14-24(23)33-29-35(17-19-8-5-4-6-9-19)27(36)26(38-29)28-34(2)25(18-37-28)21-10-7-11-22(30)15-21/h4-15,18,32H,3,17H2,1-2H3/b28-26-,33-29?. The third kappa shape index (κ3) is 5.19. The number of nitrogens with one attached hydrogen (secondary N) is 1. The predicted octanol–water partition coefficient (Wildman–Crippen LogP) is 6.74. The molecule has 0 spiro atoms. The minimum absolute atomic E-state index is 0.151. The molecule has 3 aromatic rings. The van der Waals surface area contributed by atoms with Crippen LogP contribution in [0.3, 0.4) is 0 Å². The van der Waals surface area contributed by atoms with Crippen molar-refractivity contribution >= 4 is 51.7 Å². The number of carbonyl (C=O) groups excluding carboxylic acids is 1. The van der Waals surface area contributed by atoms with Gasteiger partial charge in [0.25, 0.3) is 5.91 Å². The second-order valence-corrected chi connectivity index (χ2v) is 10.4. The number of thioether (sulfide) groups is 2.